The van der Waals surface area contributed by atoms with E-state index in [0.717, 1.165) is 10.9 Å². The highest BCUT2D eigenvalue weighted by molar-refractivity contribution is 6.07. The summed E-state index contributed by atoms with van der Waals surface area (Å²) in [5.74, 6) is -0.234. The molecule has 0 saturated heterocycles. The molecule has 1 heterocycles. The lowest BCUT2D eigenvalue weighted by Gasteiger charge is -2.10. The maximum atomic E-state index is 12.1. The summed E-state index contributed by atoms with van der Waals surface area (Å²) in [6, 6.07) is 5.36. The molecule has 0 unspecified atom stereocenters. The van der Waals surface area contributed by atoms with Crippen LogP contribution in [0.15, 0.2) is 24.4 Å². The van der Waals surface area contributed by atoms with E-state index in [4.69, 9.17) is 5.73 Å². The number of anilines is 1. The molecule has 6 nitrogen and oxygen atoms in total. The summed E-state index contributed by atoms with van der Waals surface area (Å²) in [5, 5.41) is 3.51. The van der Waals surface area contributed by atoms with Crippen molar-refractivity contribution in [3.63, 3.8) is 0 Å². The molecule has 2 aromatic rings. The van der Waals surface area contributed by atoms with Gasteiger partial charge in [-0.15, -0.1) is 0 Å². The molecular formula is C14H18N4O2. The van der Waals surface area contributed by atoms with Gasteiger partial charge in [-0.25, -0.2) is 0 Å². The molecule has 4 N–H and O–H groups in total. The van der Waals surface area contributed by atoms with Crippen LogP contribution < -0.4 is 11.1 Å². The van der Waals surface area contributed by atoms with Crippen molar-refractivity contribution in [1.82, 2.24) is 15.2 Å². The van der Waals surface area contributed by atoms with Crippen LogP contribution in [0.1, 0.15) is 16.8 Å². The Labute approximate surface area is 116 Å². The molecule has 6 heteroatoms. The summed E-state index contributed by atoms with van der Waals surface area (Å²) in [6.45, 7) is 0.310. The van der Waals surface area contributed by atoms with Gasteiger partial charge in [-0.2, -0.15) is 0 Å². The van der Waals surface area contributed by atoms with E-state index in [0.29, 0.717) is 17.8 Å². The molecule has 0 bridgehead atoms. The first-order chi connectivity index (χ1) is 9.49. The Balaban J connectivity index is 2.04. The number of aromatic nitrogens is 1. The van der Waals surface area contributed by atoms with Crippen LogP contribution >= 0.6 is 0 Å². The van der Waals surface area contributed by atoms with Crippen molar-refractivity contribution < 1.29 is 9.59 Å². The van der Waals surface area contributed by atoms with Gasteiger partial charge in [0.05, 0.1) is 5.56 Å². The van der Waals surface area contributed by atoms with Crippen LogP contribution in [0.3, 0.4) is 0 Å². The largest absolute Gasteiger partial charge is 0.399 e. The second kappa shape index (κ2) is 5.64. The highest BCUT2D eigenvalue weighted by Crippen LogP contribution is 2.20. The van der Waals surface area contributed by atoms with Crippen molar-refractivity contribution in [2.24, 2.45) is 0 Å². The van der Waals surface area contributed by atoms with Crippen LogP contribution in [0, 0.1) is 0 Å². The number of carbonyl (C=O) groups excluding carboxylic acids is 2. The van der Waals surface area contributed by atoms with E-state index in [1.807, 2.05) is 6.07 Å². The molecule has 2 amide bonds. The quantitative estimate of drug-likeness (QED) is 0.725. The summed E-state index contributed by atoms with van der Waals surface area (Å²) in [6.07, 6.45) is 1.93. The van der Waals surface area contributed by atoms with Crippen molar-refractivity contribution in [2.45, 2.75) is 6.42 Å². The summed E-state index contributed by atoms with van der Waals surface area (Å²) in [7, 11) is 3.37. The van der Waals surface area contributed by atoms with E-state index in [2.05, 4.69) is 10.3 Å². The lowest BCUT2D eigenvalue weighted by molar-refractivity contribution is -0.128. The van der Waals surface area contributed by atoms with Gasteiger partial charge in [0.25, 0.3) is 5.91 Å². The van der Waals surface area contributed by atoms with Crippen LogP contribution in [-0.4, -0.2) is 42.3 Å². The van der Waals surface area contributed by atoms with Gasteiger partial charge in [0.1, 0.15) is 0 Å². The highest BCUT2D eigenvalue weighted by atomic mass is 16.2. The topological polar surface area (TPSA) is 91.2 Å². The van der Waals surface area contributed by atoms with E-state index < -0.39 is 0 Å². The Hall–Kier alpha value is -2.50. The maximum absolute atomic E-state index is 12.1. The number of rotatable bonds is 4. The molecule has 106 valence electrons. The predicted molar refractivity (Wildman–Crippen MR) is 78.4 cm³/mol. The number of aromatic amines is 1. The molecule has 0 aliphatic heterocycles. The average Bonchev–Trinajstić information content (AvgIpc) is 2.81. The Morgan fingerprint density at radius 1 is 1.35 bits per heavy atom. The van der Waals surface area contributed by atoms with Crippen LogP contribution in [0.2, 0.25) is 0 Å². The van der Waals surface area contributed by atoms with E-state index in [-0.39, 0.29) is 18.2 Å². The van der Waals surface area contributed by atoms with Gasteiger partial charge in [-0.3, -0.25) is 9.59 Å². The summed E-state index contributed by atoms with van der Waals surface area (Å²) in [4.78, 5) is 28.0. The van der Waals surface area contributed by atoms with Crippen LogP contribution in [0.4, 0.5) is 5.69 Å². The lowest BCUT2D eigenvalue weighted by Crippen LogP contribution is -2.30. The van der Waals surface area contributed by atoms with E-state index in [9.17, 15) is 9.59 Å². The smallest absolute Gasteiger partial charge is 0.253 e. The summed E-state index contributed by atoms with van der Waals surface area (Å²) in [5.41, 5.74) is 7.72. The fourth-order valence-corrected chi connectivity index (χ4v) is 1.93. The van der Waals surface area contributed by atoms with Gasteiger partial charge in [-0.05, 0) is 18.2 Å². The lowest BCUT2D eigenvalue weighted by atomic mass is 10.1. The zero-order valence-electron chi connectivity index (χ0n) is 11.6. The Kier molecular flexibility index (Phi) is 3.93. The number of H-pyrrole nitrogens is 1. The van der Waals surface area contributed by atoms with Crippen molar-refractivity contribution in [3.8, 4) is 0 Å². The third-order valence-electron chi connectivity index (χ3n) is 3.07. The maximum Gasteiger partial charge on any atom is 0.253 e. The molecule has 20 heavy (non-hydrogen) atoms. The minimum atomic E-state index is -0.214. The number of nitrogens with two attached hydrogens (primary N) is 1. The van der Waals surface area contributed by atoms with Crippen LogP contribution in [0.25, 0.3) is 10.9 Å². The first-order valence-corrected chi connectivity index (χ1v) is 6.34. The second-order valence-corrected chi connectivity index (χ2v) is 4.80. The number of benzene rings is 1. The number of hydrogen-bond acceptors (Lipinski definition) is 3. The number of hydrogen-bond donors (Lipinski definition) is 3. The molecule has 0 aliphatic rings. The van der Waals surface area contributed by atoms with Gasteiger partial charge in [-0.1, -0.05) is 0 Å². The fraction of sp³-hybridized carbons (Fsp3) is 0.286. The monoisotopic (exact) mass is 274 g/mol. The minimum absolute atomic E-state index is 0.0199. The third-order valence-corrected chi connectivity index (χ3v) is 3.07. The van der Waals surface area contributed by atoms with Gasteiger partial charge < -0.3 is 20.9 Å². The number of nitrogens with one attached hydrogen (secondary N) is 2. The van der Waals surface area contributed by atoms with Crippen molar-refractivity contribution in [1.29, 1.82) is 0 Å². The average molecular weight is 274 g/mol. The standard InChI is InChI=1S/C14H18N4O2/c1-18(2)13(19)5-6-16-14(20)11-8-17-12-4-3-9(15)7-10(11)12/h3-4,7-8,17H,5-6,15H2,1-2H3,(H,16,20). The van der Waals surface area contributed by atoms with Crippen molar-refractivity contribution in [2.75, 3.05) is 26.4 Å². The summed E-state index contributed by atoms with van der Waals surface area (Å²) >= 11 is 0. The first kappa shape index (κ1) is 13.9. The number of fused-ring (bicyclic) bond motifs is 1. The van der Waals surface area contributed by atoms with Crippen LogP contribution in [-0.2, 0) is 4.79 Å². The molecule has 0 radical (unpaired) electrons. The second-order valence-electron chi connectivity index (χ2n) is 4.80. The van der Waals surface area contributed by atoms with Gasteiger partial charge in [0.15, 0.2) is 0 Å². The first-order valence-electron chi connectivity index (χ1n) is 6.34. The molecule has 1 aromatic heterocycles. The molecule has 0 aliphatic carbocycles. The van der Waals surface area contributed by atoms with E-state index in [1.165, 1.54) is 4.90 Å². The molecular weight excluding hydrogens is 256 g/mol. The molecule has 0 spiro atoms. The molecule has 0 saturated carbocycles. The van der Waals surface area contributed by atoms with E-state index in [1.54, 1.807) is 32.4 Å². The van der Waals surface area contributed by atoms with Crippen molar-refractivity contribution >= 4 is 28.4 Å². The normalized spacial score (nSPS) is 10.5. The zero-order chi connectivity index (χ0) is 14.7. The summed E-state index contributed by atoms with van der Waals surface area (Å²) < 4.78 is 0. The highest BCUT2D eigenvalue weighted by Gasteiger charge is 2.12. The van der Waals surface area contributed by atoms with E-state index >= 15 is 0 Å². The van der Waals surface area contributed by atoms with Gasteiger partial charge >= 0.3 is 0 Å². The third kappa shape index (κ3) is 2.90. The number of carbonyl (C=O) groups is 2. The minimum Gasteiger partial charge on any atom is -0.399 e. The van der Waals surface area contributed by atoms with Crippen molar-refractivity contribution in [3.05, 3.63) is 30.0 Å². The Morgan fingerprint density at radius 2 is 2.10 bits per heavy atom. The Morgan fingerprint density at radius 3 is 2.80 bits per heavy atom. The van der Waals surface area contributed by atoms with Gasteiger partial charge in [0.2, 0.25) is 5.91 Å². The number of nitrogen functional groups attached to an aromatic ring is 1. The van der Waals surface area contributed by atoms with Crippen LogP contribution in [0.5, 0.6) is 0 Å². The predicted octanol–water partition coefficient (Wildman–Crippen LogP) is 0.958. The molecule has 2 rings (SSSR count). The molecule has 0 fully saturated rings. The number of nitrogens with zero attached hydrogens (tertiary/aromatic N) is 1. The molecule has 0 atom stereocenters. The SMILES string of the molecule is CN(C)C(=O)CCNC(=O)c1c[nH]c2ccc(N)cc12. The number of amides is 2. The molecule has 1 aromatic carbocycles. The fourth-order valence-electron chi connectivity index (χ4n) is 1.93. The van der Waals surface area contributed by atoms with Gasteiger partial charge in [0, 0.05) is 49.8 Å². The zero-order valence-corrected chi connectivity index (χ0v) is 11.6. The Bertz CT molecular complexity index is 646.